The summed E-state index contributed by atoms with van der Waals surface area (Å²) in [5.41, 5.74) is 5.08. The van der Waals surface area contributed by atoms with Gasteiger partial charge in [-0.3, -0.25) is 0 Å². The van der Waals surface area contributed by atoms with E-state index in [1.807, 2.05) is 0 Å². The third kappa shape index (κ3) is 3.56. The smallest absolute Gasteiger partial charge is 0.00266 e. The summed E-state index contributed by atoms with van der Waals surface area (Å²) in [4.78, 5) is 0. The quantitative estimate of drug-likeness (QED) is 0.195. The average molecular weight is 531 g/mol. The van der Waals surface area contributed by atoms with Crippen LogP contribution in [0.15, 0.2) is 158 Å². The second kappa shape index (κ2) is 9.03. The van der Waals surface area contributed by atoms with Crippen LogP contribution in [-0.2, 0) is 0 Å². The molecule has 9 rings (SSSR count). The Morgan fingerprint density at radius 1 is 0.214 bits per heavy atom. The van der Waals surface area contributed by atoms with E-state index < -0.39 is 0 Å². The molecule has 0 aliphatic carbocycles. The van der Waals surface area contributed by atoms with Gasteiger partial charge in [0.2, 0.25) is 0 Å². The summed E-state index contributed by atoms with van der Waals surface area (Å²) < 4.78 is 0. The summed E-state index contributed by atoms with van der Waals surface area (Å²) in [6, 6.07) is 58.2. The molecule has 9 aromatic rings. The minimum atomic E-state index is 1.24. The highest BCUT2D eigenvalue weighted by atomic mass is 14.2. The highest BCUT2D eigenvalue weighted by molar-refractivity contribution is 6.17. The third-order valence-corrected chi connectivity index (χ3v) is 8.92. The van der Waals surface area contributed by atoms with E-state index in [0.717, 1.165) is 0 Å². The van der Waals surface area contributed by atoms with Gasteiger partial charge in [-0.2, -0.15) is 0 Å². The van der Waals surface area contributed by atoms with Crippen LogP contribution in [-0.4, -0.2) is 0 Å². The van der Waals surface area contributed by atoms with Crippen molar-refractivity contribution in [3.63, 3.8) is 0 Å². The van der Waals surface area contributed by atoms with Gasteiger partial charge in [0.25, 0.3) is 0 Å². The molecule has 0 aromatic heterocycles. The van der Waals surface area contributed by atoms with Crippen LogP contribution >= 0.6 is 0 Å². The minimum Gasteiger partial charge on any atom is -0.0616 e. The molecule has 194 valence electrons. The SMILES string of the molecule is c1ccc2cc3c(-c4ccc(-c5c6ccccc6cc6cc7ccccc7cc56)cc4)c4ccccc4cc3cc2c1. The molecule has 0 aliphatic heterocycles. The van der Waals surface area contributed by atoms with Crippen molar-refractivity contribution in [1.82, 2.24) is 0 Å². The van der Waals surface area contributed by atoms with Gasteiger partial charge in [-0.15, -0.1) is 0 Å². The maximum Gasteiger partial charge on any atom is -0.00266 e. The van der Waals surface area contributed by atoms with Gasteiger partial charge in [-0.25, -0.2) is 0 Å². The average Bonchev–Trinajstić information content (AvgIpc) is 3.04. The van der Waals surface area contributed by atoms with E-state index in [2.05, 4.69) is 158 Å². The predicted molar refractivity (Wildman–Crippen MR) is 182 cm³/mol. The summed E-state index contributed by atoms with van der Waals surface area (Å²) in [7, 11) is 0. The molecule has 0 spiro atoms. The fourth-order valence-electron chi connectivity index (χ4n) is 6.94. The molecule has 0 heterocycles. The highest BCUT2D eigenvalue weighted by Crippen LogP contribution is 2.41. The topological polar surface area (TPSA) is 0 Å². The molecule has 0 saturated carbocycles. The molecule has 0 N–H and O–H groups in total. The van der Waals surface area contributed by atoms with Crippen LogP contribution in [0.5, 0.6) is 0 Å². The zero-order valence-electron chi connectivity index (χ0n) is 23.0. The van der Waals surface area contributed by atoms with Crippen LogP contribution in [0.2, 0.25) is 0 Å². The summed E-state index contributed by atoms with van der Waals surface area (Å²) in [5.74, 6) is 0. The molecule has 0 radical (unpaired) electrons. The Labute approximate surface area is 244 Å². The minimum absolute atomic E-state index is 1.24. The Kier molecular flexibility index (Phi) is 5.00. The first-order chi connectivity index (χ1) is 20.8. The van der Waals surface area contributed by atoms with E-state index in [1.165, 1.54) is 86.9 Å². The van der Waals surface area contributed by atoms with Gasteiger partial charge in [0.1, 0.15) is 0 Å². The van der Waals surface area contributed by atoms with Crippen molar-refractivity contribution < 1.29 is 0 Å². The van der Waals surface area contributed by atoms with Crippen LogP contribution in [0.3, 0.4) is 0 Å². The second-order valence-corrected chi connectivity index (χ2v) is 11.4. The van der Waals surface area contributed by atoms with E-state index >= 15 is 0 Å². The molecule has 42 heavy (non-hydrogen) atoms. The van der Waals surface area contributed by atoms with Gasteiger partial charge in [0, 0.05) is 0 Å². The summed E-state index contributed by atoms with van der Waals surface area (Å²) in [6.07, 6.45) is 0. The van der Waals surface area contributed by atoms with Gasteiger partial charge in [-0.05, 0) is 123 Å². The van der Waals surface area contributed by atoms with Crippen LogP contribution in [0, 0.1) is 0 Å². The standard InChI is InChI=1S/C42H26/c1-3-11-31-25-39-35(21-29(31)9-1)23-33-13-5-7-15-37(33)41(39)27-17-19-28(20-18-27)42-38-16-8-6-14-34(38)24-36-22-30-10-2-4-12-32(30)26-40(36)42/h1-26H. The molecular formula is C42H26. The largest absolute Gasteiger partial charge is 0.0616 e. The molecule has 0 fully saturated rings. The first-order valence-electron chi connectivity index (χ1n) is 14.6. The lowest BCUT2D eigenvalue weighted by Gasteiger charge is -2.16. The van der Waals surface area contributed by atoms with Gasteiger partial charge >= 0.3 is 0 Å². The molecule has 0 heteroatoms. The van der Waals surface area contributed by atoms with Crippen molar-refractivity contribution in [2.75, 3.05) is 0 Å². The molecular weight excluding hydrogens is 504 g/mol. The highest BCUT2D eigenvalue weighted by Gasteiger charge is 2.14. The lowest BCUT2D eigenvalue weighted by atomic mass is 9.88. The van der Waals surface area contributed by atoms with E-state index in [0.29, 0.717) is 0 Å². The molecule has 0 amide bonds. The van der Waals surface area contributed by atoms with Gasteiger partial charge in [-0.1, -0.05) is 121 Å². The maximum atomic E-state index is 2.36. The zero-order chi connectivity index (χ0) is 27.6. The number of benzene rings is 9. The Bertz CT molecular complexity index is 2310. The van der Waals surface area contributed by atoms with Crippen LogP contribution < -0.4 is 0 Å². The van der Waals surface area contributed by atoms with E-state index in [9.17, 15) is 0 Å². The number of hydrogen-bond acceptors (Lipinski definition) is 0. The second-order valence-electron chi connectivity index (χ2n) is 11.4. The predicted octanol–water partition coefficient (Wildman–Crippen LogP) is 11.9. The lowest BCUT2D eigenvalue weighted by molar-refractivity contribution is 1.66. The molecule has 0 bridgehead atoms. The van der Waals surface area contributed by atoms with Crippen LogP contribution in [0.1, 0.15) is 0 Å². The molecule has 0 saturated heterocycles. The van der Waals surface area contributed by atoms with Crippen molar-refractivity contribution in [3.8, 4) is 22.3 Å². The van der Waals surface area contributed by atoms with Gasteiger partial charge < -0.3 is 0 Å². The van der Waals surface area contributed by atoms with E-state index in [4.69, 9.17) is 0 Å². The first kappa shape index (κ1) is 23.3. The fourth-order valence-corrected chi connectivity index (χ4v) is 6.94. The number of fused-ring (bicyclic) bond motifs is 6. The fraction of sp³-hybridized carbons (Fsp3) is 0. The molecule has 0 aliphatic rings. The first-order valence-corrected chi connectivity index (χ1v) is 14.6. The molecule has 0 nitrogen and oxygen atoms in total. The Morgan fingerprint density at radius 2 is 0.524 bits per heavy atom. The maximum absolute atomic E-state index is 2.36. The monoisotopic (exact) mass is 530 g/mol. The van der Waals surface area contributed by atoms with Gasteiger partial charge in [0.05, 0.1) is 0 Å². The molecule has 0 atom stereocenters. The Balaban J connectivity index is 1.31. The van der Waals surface area contributed by atoms with Crippen molar-refractivity contribution in [1.29, 1.82) is 0 Å². The number of rotatable bonds is 2. The summed E-state index contributed by atoms with van der Waals surface area (Å²) >= 11 is 0. The third-order valence-electron chi connectivity index (χ3n) is 8.92. The Morgan fingerprint density at radius 3 is 0.929 bits per heavy atom. The lowest BCUT2D eigenvalue weighted by Crippen LogP contribution is -1.89. The molecule has 0 unspecified atom stereocenters. The van der Waals surface area contributed by atoms with Crippen LogP contribution in [0.25, 0.3) is 86.9 Å². The number of hydrogen-bond donors (Lipinski definition) is 0. The zero-order valence-corrected chi connectivity index (χ0v) is 23.0. The Hall–Kier alpha value is -5.46. The summed E-state index contributed by atoms with van der Waals surface area (Å²) in [5, 5.41) is 15.3. The van der Waals surface area contributed by atoms with Gasteiger partial charge in [0.15, 0.2) is 0 Å². The summed E-state index contributed by atoms with van der Waals surface area (Å²) in [6.45, 7) is 0. The van der Waals surface area contributed by atoms with Crippen molar-refractivity contribution in [2.24, 2.45) is 0 Å². The normalized spacial score (nSPS) is 11.8. The van der Waals surface area contributed by atoms with Crippen molar-refractivity contribution in [2.45, 2.75) is 0 Å². The van der Waals surface area contributed by atoms with E-state index in [1.54, 1.807) is 0 Å². The van der Waals surface area contributed by atoms with Crippen molar-refractivity contribution in [3.05, 3.63) is 158 Å². The van der Waals surface area contributed by atoms with Crippen LogP contribution in [0.4, 0.5) is 0 Å². The van der Waals surface area contributed by atoms with E-state index in [-0.39, 0.29) is 0 Å². The van der Waals surface area contributed by atoms with Crippen molar-refractivity contribution >= 4 is 64.6 Å². The molecule has 9 aromatic carbocycles.